The fraction of sp³-hybridized carbons (Fsp3) is 0.467. The van der Waals surface area contributed by atoms with Crippen LogP contribution in [0, 0.1) is 5.92 Å². The lowest BCUT2D eigenvalue weighted by Crippen LogP contribution is -2.38. The number of hydrogen-bond acceptors (Lipinski definition) is 3. The highest BCUT2D eigenvalue weighted by molar-refractivity contribution is 5.89. The average molecular weight is 274 g/mol. The number of likely N-dealkylation sites (tertiary alicyclic amines) is 1. The maximum atomic E-state index is 12.2. The molecule has 1 aromatic carbocycles. The molecule has 3 atom stereocenters. The van der Waals surface area contributed by atoms with Gasteiger partial charge in [0.2, 0.25) is 11.8 Å². The number of aliphatic hydroxyl groups is 1. The van der Waals surface area contributed by atoms with Crippen molar-refractivity contribution in [3.8, 4) is 0 Å². The highest BCUT2D eigenvalue weighted by atomic mass is 16.3. The summed E-state index contributed by atoms with van der Waals surface area (Å²) in [5.41, 5.74) is 2.05. The van der Waals surface area contributed by atoms with E-state index in [2.05, 4.69) is 5.32 Å². The molecular weight excluding hydrogens is 256 g/mol. The summed E-state index contributed by atoms with van der Waals surface area (Å²) in [6, 6.07) is 7.38. The first-order chi connectivity index (χ1) is 9.56. The third-order valence-corrected chi connectivity index (χ3v) is 4.21. The molecule has 0 radical (unpaired) electrons. The van der Waals surface area contributed by atoms with E-state index in [1.165, 1.54) is 0 Å². The molecular formula is C15H18N2O3. The largest absolute Gasteiger partial charge is 0.390 e. The van der Waals surface area contributed by atoms with Gasteiger partial charge in [0.05, 0.1) is 18.1 Å². The van der Waals surface area contributed by atoms with Crippen LogP contribution < -0.4 is 5.32 Å². The van der Waals surface area contributed by atoms with E-state index in [9.17, 15) is 14.7 Å². The van der Waals surface area contributed by atoms with Crippen LogP contribution in [0.25, 0.3) is 0 Å². The number of nitrogens with one attached hydrogen (secondary N) is 1. The molecule has 2 aliphatic rings. The van der Waals surface area contributed by atoms with Gasteiger partial charge in [-0.25, -0.2) is 0 Å². The van der Waals surface area contributed by atoms with Crippen molar-refractivity contribution in [2.75, 3.05) is 13.6 Å². The lowest BCUT2D eigenvalue weighted by molar-refractivity contribution is -0.128. The highest BCUT2D eigenvalue weighted by Gasteiger charge is 2.37. The first-order valence-corrected chi connectivity index (χ1v) is 6.86. The molecule has 1 fully saturated rings. The van der Waals surface area contributed by atoms with Gasteiger partial charge >= 0.3 is 0 Å². The van der Waals surface area contributed by atoms with Gasteiger partial charge < -0.3 is 15.3 Å². The second-order valence-electron chi connectivity index (χ2n) is 5.63. The number of carbonyl (C=O) groups is 2. The van der Waals surface area contributed by atoms with Crippen LogP contribution in [0.1, 0.15) is 23.6 Å². The molecule has 0 bridgehead atoms. The van der Waals surface area contributed by atoms with Gasteiger partial charge in [-0.15, -0.1) is 0 Å². The van der Waals surface area contributed by atoms with Crippen molar-refractivity contribution < 1.29 is 14.7 Å². The minimum atomic E-state index is -0.591. The molecule has 20 heavy (non-hydrogen) atoms. The summed E-state index contributed by atoms with van der Waals surface area (Å²) in [6.45, 7) is 0.454. The molecule has 1 aliphatic carbocycles. The van der Waals surface area contributed by atoms with Crippen molar-refractivity contribution in [1.29, 1.82) is 0 Å². The number of rotatable bonds is 2. The lowest BCUT2D eigenvalue weighted by atomic mass is 10.0. The summed E-state index contributed by atoms with van der Waals surface area (Å²) in [6.07, 6.45) is 0.225. The molecule has 3 rings (SSSR count). The third kappa shape index (κ3) is 2.18. The van der Waals surface area contributed by atoms with Gasteiger partial charge in [-0.1, -0.05) is 24.3 Å². The van der Waals surface area contributed by atoms with Gasteiger partial charge in [0.1, 0.15) is 0 Å². The maximum absolute atomic E-state index is 12.2. The molecule has 2 amide bonds. The van der Waals surface area contributed by atoms with Crippen molar-refractivity contribution in [2.45, 2.75) is 25.0 Å². The number of carbonyl (C=O) groups excluding carboxylic acids is 2. The summed E-state index contributed by atoms with van der Waals surface area (Å²) < 4.78 is 0. The summed E-state index contributed by atoms with van der Waals surface area (Å²) in [5.74, 6) is -0.464. The summed E-state index contributed by atoms with van der Waals surface area (Å²) >= 11 is 0. The zero-order valence-electron chi connectivity index (χ0n) is 11.4. The number of benzene rings is 1. The first-order valence-electron chi connectivity index (χ1n) is 6.86. The number of nitrogens with zero attached hydrogens (tertiary/aromatic N) is 1. The van der Waals surface area contributed by atoms with E-state index < -0.39 is 6.10 Å². The Morgan fingerprint density at radius 1 is 1.35 bits per heavy atom. The van der Waals surface area contributed by atoms with Crippen LogP contribution in [0.4, 0.5) is 0 Å². The number of hydrogen-bond donors (Lipinski definition) is 2. The average Bonchev–Trinajstić information content (AvgIpc) is 2.91. The molecule has 1 heterocycles. The van der Waals surface area contributed by atoms with E-state index in [1.54, 1.807) is 11.9 Å². The van der Waals surface area contributed by atoms with Gasteiger partial charge in [0.15, 0.2) is 0 Å². The van der Waals surface area contributed by atoms with Gasteiger partial charge in [-0.05, 0) is 11.1 Å². The van der Waals surface area contributed by atoms with Crippen LogP contribution in [0.5, 0.6) is 0 Å². The SMILES string of the molecule is CN1CC(C(=O)NC2c3ccccc3CC2O)CC1=O. The quantitative estimate of drug-likeness (QED) is 0.811. The van der Waals surface area contributed by atoms with E-state index in [-0.39, 0.29) is 30.2 Å². The van der Waals surface area contributed by atoms with Gasteiger partial charge in [0.25, 0.3) is 0 Å². The fourth-order valence-corrected chi connectivity index (χ4v) is 3.06. The summed E-state index contributed by atoms with van der Waals surface area (Å²) in [5, 5.41) is 13.0. The van der Waals surface area contributed by atoms with Gasteiger partial charge in [-0.2, -0.15) is 0 Å². The van der Waals surface area contributed by atoms with Crippen LogP contribution in [-0.2, 0) is 16.0 Å². The Morgan fingerprint density at radius 2 is 2.10 bits per heavy atom. The molecule has 2 N–H and O–H groups in total. The van der Waals surface area contributed by atoms with Crippen molar-refractivity contribution >= 4 is 11.8 Å². The van der Waals surface area contributed by atoms with Crippen molar-refractivity contribution in [3.05, 3.63) is 35.4 Å². The second-order valence-corrected chi connectivity index (χ2v) is 5.63. The Bertz CT molecular complexity index is 558. The Morgan fingerprint density at radius 3 is 2.80 bits per heavy atom. The normalized spacial score (nSPS) is 28.6. The zero-order valence-corrected chi connectivity index (χ0v) is 11.4. The summed E-state index contributed by atoms with van der Waals surface area (Å²) in [4.78, 5) is 25.3. The fourth-order valence-electron chi connectivity index (χ4n) is 3.06. The smallest absolute Gasteiger partial charge is 0.225 e. The number of fused-ring (bicyclic) bond motifs is 1. The molecule has 5 nitrogen and oxygen atoms in total. The van der Waals surface area contributed by atoms with E-state index in [1.807, 2.05) is 24.3 Å². The standard InChI is InChI=1S/C15H18N2O3/c1-17-8-10(7-13(17)19)15(20)16-14-11-5-3-2-4-9(11)6-12(14)18/h2-5,10,12,14,18H,6-8H2,1H3,(H,16,20). The van der Waals surface area contributed by atoms with E-state index in [0.29, 0.717) is 13.0 Å². The molecule has 1 saturated heterocycles. The van der Waals surface area contributed by atoms with Crippen molar-refractivity contribution in [3.63, 3.8) is 0 Å². The number of amides is 2. The molecule has 5 heteroatoms. The Labute approximate surface area is 117 Å². The molecule has 106 valence electrons. The van der Waals surface area contributed by atoms with E-state index in [0.717, 1.165) is 11.1 Å². The van der Waals surface area contributed by atoms with Crippen molar-refractivity contribution in [1.82, 2.24) is 10.2 Å². The van der Waals surface area contributed by atoms with Crippen LogP contribution >= 0.6 is 0 Å². The minimum Gasteiger partial charge on any atom is -0.390 e. The third-order valence-electron chi connectivity index (χ3n) is 4.21. The minimum absolute atomic E-state index is 0.00230. The second kappa shape index (κ2) is 4.90. The number of aliphatic hydroxyl groups excluding tert-OH is 1. The maximum Gasteiger partial charge on any atom is 0.225 e. The summed E-state index contributed by atoms with van der Waals surface area (Å²) in [7, 11) is 1.70. The lowest BCUT2D eigenvalue weighted by Gasteiger charge is -2.20. The molecule has 0 saturated carbocycles. The van der Waals surface area contributed by atoms with Crippen LogP contribution in [-0.4, -0.2) is 41.5 Å². The monoisotopic (exact) mass is 274 g/mol. The molecule has 0 aromatic heterocycles. The zero-order chi connectivity index (χ0) is 14.3. The molecule has 1 aromatic rings. The van der Waals surface area contributed by atoms with Crippen molar-refractivity contribution in [2.24, 2.45) is 5.92 Å². The predicted octanol–water partition coefficient (Wildman–Crippen LogP) is 0.239. The van der Waals surface area contributed by atoms with Crippen LogP contribution in [0.3, 0.4) is 0 Å². The Balaban J connectivity index is 1.72. The van der Waals surface area contributed by atoms with E-state index >= 15 is 0 Å². The van der Waals surface area contributed by atoms with Crippen LogP contribution in [0.15, 0.2) is 24.3 Å². The Kier molecular flexibility index (Phi) is 3.22. The molecule has 1 aliphatic heterocycles. The molecule has 3 unspecified atom stereocenters. The van der Waals surface area contributed by atoms with E-state index in [4.69, 9.17) is 0 Å². The highest BCUT2D eigenvalue weighted by Crippen LogP contribution is 2.31. The topological polar surface area (TPSA) is 69.6 Å². The predicted molar refractivity (Wildman–Crippen MR) is 72.8 cm³/mol. The molecule has 0 spiro atoms. The Hall–Kier alpha value is -1.88. The van der Waals surface area contributed by atoms with Crippen LogP contribution in [0.2, 0.25) is 0 Å². The van der Waals surface area contributed by atoms with Gasteiger partial charge in [0, 0.05) is 26.4 Å². The van der Waals surface area contributed by atoms with Gasteiger partial charge in [-0.3, -0.25) is 9.59 Å². The first kappa shape index (κ1) is 13.1.